The van der Waals surface area contributed by atoms with E-state index in [1.165, 1.54) is 37.8 Å². The molecule has 1 rings (SSSR count). The van der Waals surface area contributed by atoms with Gasteiger partial charge >= 0.3 is 11.9 Å². The summed E-state index contributed by atoms with van der Waals surface area (Å²) in [6, 6.07) is 3.38. The fourth-order valence-corrected chi connectivity index (χ4v) is 3.45. The number of rotatable bonds is 20. The first-order valence-electron chi connectivity index (χ1n) is 13.5. The van der Waals surface area contributed by atoms with E-state index in [-0.39, 0.29) is 37.1 Å². The Morgan fingerprint density at radius 1 is 0.838 bits per heavy atom. The number of allylic oxidation sites excluding steroid dienone is 6. The quantitative estimate of drug-likeness (QED) is 0.0839. The first kappa shape index (κ1) is 32.0. The van der Waals surface area contributed by atoms with Gasteiger partial charge in [0.2, 0.25) is 0 Å². The molecule has 7 nitrogen and oxygen atoms in total. The lowest BCUT2D eigenvalue weighted by atomic mass is 10.1. The number of phenolic OH excluding ortho intramolecular Hbond substituents is 2. The molecule has 37 heavy (non-hydrogen) atoms. The molecule has 0 amide bonds. The van der Waals surface area contributed by atoms with Crippen molar-refractivity contribution < 1.29 is 29.3 Å². The fourth-order valence-electron chi connectivity index (χ4n) is 3.45. The molecule has 0 aliphatic heterocycles. The Kier molecular flexibility index (Phi) is 18.2. The van der Waals surface area contributed by atoms with E-state index in [2.05, 4.69) is 43.4 Å². The Morgan fingerprint density at radius 3 is 2.11 bits per heavy atom. The van der Waals surface area contributed by atoms with Crippen LogP contribution < -0.4 is 5.73 Å². The highest BCUT2D eigenvalue weighted by atomic mass is 16.5. The summed E-state index contributed by atoms with van der Waals surface area (Å²) in [7, 11) is 0. The van der Waals surface area contributed by atoms with Gasteiger partial charge in [-0.1, -0.05) is 62.3 Å². The highest BCUT2D eigenvalue weighted by Crippen LogP contribution is 2.25. The third-order valence-corrected chi connectivity index (χ3v) is 5.61. The van der Waals surface area contributed by atoms with Gasteiger partial charge in [-0.25, -0.2) is 0 Å². The molecule has 1 aromatic carbocycles. The number of ether oxygens (including phenoxy) is 2. The molecule has 0 fully saturated rings. The topological polar surface area (TPSA) is 119 Å². The highest BCUT2D eigenvalue weighted by Gasteiger charge is 2.16. The third-order valence-electron chi connectivity index (χ3n) is 5.61. The second-order valence-corrected chi connectivity index (χ2v) is 9.00. The molecule has 0 bridgehead atoms. The van der Waals surface area contributed by atoms with Crippen LogP contribution in [-0.2, 0) is 25.5 Å². The maximum Gasteiger partial charge on any atom is 0.323 e. The lowest BCUT2D eigenvalue weighted by molar-refractivity contribution is -0.147. The maximum absolute atomic E-state index is 12.0. The van der Waals surface area contributed by atoms with E-state index in [1.54, 1.807) is 6.07 Å². The molecule has 0 heterocycles. The fraction of sp³-hybridized carbons (Fsp3) is 0.533. The molecule has 0 aromatic heterocycles. The van der Waals surface area contributed by atoms with Gasteiger partial charge in [-0.05, 0) is 69.1 Å². The van der Waals surface area contributed by atoms with Gasteiger partial charge in [0.15, 0.2) is 11.5 Å². The summed E-state index contributed by atoms with van der Waals surface area (Å²) in [4.78, 5) is 23.8. The second kappa shape index (κ2) is 21.1. The SMILES string of the molecule is CCCCC/C=C\C/C=C\C/C=C\CCCCC(=O)OCCCOC(=O)[C@@H](N)Cc1ccc(O)c(O)c1. The van der Waals surface area contributed by atoms with Gasteiger partial charge in [0.25, 0.3) is 0 Å². The zero-order chi connectivity index (χ0) is 27.1. The van der Waals surface area contributed by atoms with E-state index < -0.39 is 12.0 Å². The Bertz CT molecular complexity index is 862. The van der Waals surface area contributed by atoms with Crippen molar-refractivity contribution in [3.8, 4) is 11.5 Å². The van der Waals surface area contributed by atoms with Gasteiger partial charge < -0.3 is 25.4 Å². The van der Waals surface area contributed by atoms with Crippen LogP contribution in [0.5, 0.6) is 11.5 Å². The highest BCUT2D eigenvalue weighted by molar-refractivity contribution is 5.76. The summed E-state index contributed by atoms with van der Waals surface area (Å²) in [6.07, 6.45) is 23.7. The number of hydrogen-bond acceptors (Lipinski definition) is 7. The number of nitrogens with two attached hydrogens (primary N) is 1. The smallest absolute Gasteiger partial charge is 0.323 e. The number of unbranched alkanes of at least 4 members (excludes halogenated alkanes) is 5. The number of phenols is 2. The van der Waals surface area contributed by atoms with Crippen molar-refractivity contribution in [1.29, 1.82) is 0 Å². The zero-order valence-electron chi connectivity index (χ0n) is 22.3. The van der Waals surface area contributed by atoms with Crippen molar-refractivity contribution in [2.45, 2.75) is 90.0 Å². The molecular formula is C30H45NO6. The number of carbonyl (C=O) groups is 2. The number of aromatic hydroxyl groups is 2. The van der Waals surface area contributed by atoms with Crippen molar-refractivity contribution in [2.75, 3.05) is 13.2 Å². The van der Waals surface area contributed by atoms with E-state index in [0.717, 1.165) is 32.1 Å². The average Bonchev–Trinajstić information content (AvgIpc) is 2.88. The van der Waals surface area contributed by atoms with E-state index in [4.69, 9.17) is 15.2 Å². The van der Waals surface area contributed by atoms with E-state index >= 15 is 0 Å². The Morgan fingerprint density at radius 2 is 1.46 bits per heavy atom. The summed E-state index contributed by atoms with van der Waals surface area (Å²) < 4.78 is 10.3. The van der Waals surface area contributed by atoms with Crippen LogP contribution >= 0.6 is 0 Å². The predicted octanol–water partition coefficient (Wildman–Crippen LogP) is 6.03. The minimum Gasteiger partial charge on any atom is -0.504 e. The van der Waals surface area contributed by atoms with Crippen LogP contribution in [0.15, 0.2) is 54.7 Å². The molecular weight excluding hydrogens is 470 g/mol. The molecule has 206 valence electrons. The monoisotopic (exact) mass is 515 g/mol. The summed E-state index contributed by atoms with van der Waals surface area (Å²) in [5, 5.41) is 18.8. The average molecular weight is 516 g/mol. The molecule has 0 unspecified atom stereocenters. The van der Waals surface area contributed by atoms with Crippen LogP contribution in [0.2, 0.25) is 0 Å². The molecule has 0 aliphatic carbocycles. The van der Waals surface area contributed by atoms with Crippen LogP contribution in [0.1, 0.15) is 83.1 Å². The van der Waals surface area contributed by atoms with Crippen LogP contribution in [0.3, 0.4) is 0 Å². The molecule has 0 saturated heterocycles. The van der Waals surface area contributed by atoms with Crippen LogP contribution in [-0.4, -0.2) is 41.4 Å². The lowest BCUT2D eigenvalue weighted by Crippen LogP contribution is -2.34. The van der Waals surface area contributed by atoms with Gasteiger partial charge in [-0.2, -0.15) is 0 Å². The Labute approximate surface area is 222 Å². The first-order chi connectivity index (χ1) is 17.9. The first-order valence-corrected chi connectivity index (χ1v) is 13.5. The minimum absolute atomic E-state index is 0.106. The number of benzene rings is 1. The molecule has 1 aromatic rings. The summed E-state index contributed by atoms with van der Waals surface area (Å²) in [5.74, 6) is -1.32. The number of carbonyl (C=O) groups excluding carboxylic acids is 2. The summed E-state index contributed by atoms with van der Waals surface area (Å²) >= 11 is 0. The Hall–Kier alpha value is -3.06. The lowest BCUT2D eigenvalue weighted by Gasteiger charge is -2.12. The van der Waals surface area contributed by atoms with E-state index in [0.29, 0.717) is 18.4 Å². The van der Waals surface area contributed by atoms with Gasteiger partial charge in [0.05, 0.1) is 13.2 Å². The van der Waals surface area contributed by atoms with Gasteiger partial charge in [-0.3, -0.25) is 9.59 Å². The van der Waals surface area contributed by atoms with Crippen molar-refractivity contribution in [1.82, 2.24) is 0 Å². The van der Waals surface area contributed by atoms with Crippen LogP contribution in [0, 0.1) is 0 Å². The summed E-state index contributed by atoms with van der Waals surface area (Å²) in [6.45, 7) is 2.51. The van der Waals surface area contributed by atoms with E-state index in [9.17, 15) is 19.8 Å². The standard InChI is InChI=1S/C30H45NO6/c1-2-3-4-5-6-7-8-9-10-11-12-13-14-15-16-18-29(34)36-21-17-22-37-30(35)26(31)23-25-19-20-27(32)28(33)24-25/h6-7,9-10,12-13,19-20,24,26,32-33H,2-5,8,11,14-18,21-23,31H2,1H3/b7-6-,10-9-,13-12-/t26-/m0/s1. The summed E-state index contributed by atoms with van der Waals surface area (Å²) in [5.41, 5.74) is 6.44. The molecule has 0 spiro atoms. The normalized spacial score (nSPS) is 12.5. The minimum atomic E-state index is -0.890. The van der Waals surface area contributed by atoms with Crippen molar-refractivity contribution in [3.63, 3.8) is 0 Å². The van der Waals surface area contributed by atoms with Crippen molar-refractivity contribution >= 4 is 11.9 Å². The molecule has 4 N–H and O–H groups in total. The van der Waals surface area contributed by atoms with Crippen molar-refractivity contribution in [2.24, 2.45) is 5.73 Å². The molecule has 1 atom stereocenters. The van der Waals surface area contributed by atoms with Crippen LogP contribution in [0.4, 0.5) is 0 Å². The predicted molar refractivity (Wildman–Crippen MR) is 147 cm³/mol. The van der Waals surface area contributed by atoms with Gasteiger partial charge in [0, 0.05) is 12.8 Å². The van der Waals surface area contributed by atoms with Gasteiger partial charge in [-0.15, -0.1) is 0 Å². The molecule has 0 aliphatic rings. The molecule has 7 heteroatoms. The largest absolute Gasteiger partial charge is 0.504 e. The maximum atomic E-state index is 12.0. The third kappa shape index (κ3) is 17.1. The second-order valence-electron chi connectivity index (χ2n) is 9.00. The van der Waals surface area contributed by atoms with E-state index in [1.807, 2.05) is 0 Å². The Balaban J connectivity index is 1.98. The molecule has 0 saturated carbocycles. The van der Waals surface area contributed by atoms with Crippen LogP contribution in [0.25, 0.3) is 0 Å². The number of hydrogen-bond donors (Lipinski definition) is 3. The number of esters is 2. The molecule has 0 radical (unpaired) electrons. The van der Waals surface area contributed by atoms with Crippen molar-refractivity contribution in [3.05, 3.63) is 60.2 Å². The van der Waals surface area contributed by atoms with Gasteiger partial charge in [0.1, 0.15) is 6.04 Å². The zero-order valence-corrected chi connectivity index (χ0v) is 22.3.